The van der Waals surface area contributed by atoms with Crippen molar-refractivity contribution >= 4 is 20.9 Å². The van der Waals surface area contributed by atoms with Crippen LogP contribution in [-0.4, -0.2) is 30.8 Å². The Kier molecular flexibility index (Phi) is 6.46. The highest BCUT2D eigenvalue weighted by molar-refractivity contribution is 7.90. The van der Waals surface area contributed by atoms with Gasteiger partial charge >= 0.3 is 0 Å². The molecule has 0 radical (unpaired) electrons. The third-order valence-electron chi connectivity index (χ3n) is 5.17. The fourth-order valence-corrected chi connectivity index (χ4v) is 4.09. The number of sulfone groups is 1. The van der Waals surface area contributed by atoms with Crippen molar-refractivity contribution in [2.24, 2.45) is 0 Å². The van der Waals surface area contributed by atoms with Crippen LogP contribution in [0.1, 0.15) is 17.8 Å². The molecule has 6 nitrogen and oxygen atoms in total. The van der Waals surface area contributed by atoms with E-state index in [0.29, 0.717) is 19.0 Å². The minimum atomic E-state index is -3.21. The highest BCUT2D eigenvalue weighted by Crippen LogP contribution is 2.20. The summed E-state index contributed by atoms with van der Waals surface area (Å²) in [7, 11) is -3.21. The second kappa shape index (κ2) is 9.44. The van der Waals surface area contributed by atoms with Gasteiger partial charge in [-0.2, -0.15) is 0 Å². The molecule has 4 rings (SSSR count). The minimum absolute atomic E-state index is 0.285. The normalized spacial score (nSPS) is 11.6. The Balaban J connectivity index is 1.40. The van der Waals surface area contributed by atoms with Gasteiger partial charge in [0.2, 0.25) is 0 Å². The van der Waals surface area contributed by atoms with Gasteiger partial charge in [-0.1, -0.05) is 29.8 Å². The first kappa shape index (κ1) is 21.9. The van der Waals surface area contributed by atoms with E-state index in [2.05, 4.69) is 10.6 Å². The van der Waals surface area contributed by atoms with Gasteiger partial charge in [0, 0.05) is 12.8 Å². The second-order valence-corrected chi connectivity index (χ2v) is 9.73. The van der Waals surface area contributed by atoms with E-state index in [1.807, 2.05) is 49.4 Å². The average molecular weight is 451 g/mol. The van der Waals surface area contributed by atoms with Crippen molar-refractivity contribution in [3.63, 3.8) is 0 Å². The summed E-state index contributed by atoms with van der Waals surface area (Å²) in [6, 6.07) is 22.5. The van der Waals surface area contributed by atoms with Crippen molar-refractivity contribution in [1.82, 2.24) is 9.55 Å². The van der Waals surface area contributed by atoms with Gasteiger partial charge in [-0.15, -0.1) is 0 Å². The number of imidazole rings is 1. The predicted molar refractivity (Wildman–Crippen MR) is 125 cm³/mol. The zero-order chi connectivity index (χ0) is 22.6. The van der Waals surface area contributed by atoms with Gasteiger partial charge in [-0.3, -0.25) is 0 Å². The molecule has 0 aliphatic rings. The van der Waals surface area contributed by atoms with E-state index in [9.17, 15) is 8.42 Å². The summed E-state index contributed by atoms with van der Waals surface area (Å²) in [6.07, 6.45) is 1.96. The lowest BCUT2D eigenvalue weighted by atomic mass is 10.2. The van der Waals surface area contributed by atoms with Crippen molar-refractivity contribution in [2.75, 3.05) is 12.9 Å². The maximum Gasteiger partial charge on any atom is 0.175 e. The molecule has 0 bridgehead atoms. The largest absolute Gasteiger partial charge is 0.494 e. The molecule has 1 aromatic heterocycles. The van der Waals surface area contributed by atoms with E-state index in [1.54, 1.807) is 24.3 Å². The summed E-state index contributed by atoms with van der Waals surface area (Å²) in [5.74, 6) is 2.33. The standard InChI is InChI=1S/C25H26N2O4S/c1-19-8-10-21(11-9-19)31-18-25-26-23-6-3-4-7-24(23)27(25)16-5-17-30-20-12-14-22(15-13-20)32(2,28)29/h3-4,6-15H,5,16-18H2,1-2H3. The van der Waals surface area contributed by atoms with Gasteiger partial charge in [-0.05, 0) is 61.9 Å². The van der Waals surface area contributed by atoms with Crippen LogP contribution in [0.2, 0.25) is 0 Å². The topological polar surface area (TPSA) is 70.4 Å². The summed E-state index contributed by atoms with van der Waals surface area (Å²) in [6.45, 7) is 3.66. The van der Waals surface area contributed by atoms with Gasteiger partial charge in [0.05, 0.1) is 22.5 Å². The molecule has 0 unspecified atom stereocenters. The number of aryl methyl sites for hydroxylation is 2. The Bertz CT molecular complexity index is 1290. The molecule has 166 valence electrons. The van der Waals surface area contributed by atoms with Gasteiger partial charge < -0.3 is 14.0 Å². The first-order valence-electron chi connectivity index (χ1n) is 10.5. The number of aromatic nitrogens is 2. The number of hydrogen-bond donors (Lipinski definition) is 0. The van der Waals surface area contributed by atoms with Crippen LogP contribution in [0.5, 0.6) is 11.5 Å². The van der Waals surface area contributed by atoms with E-state index in [1.165, 1.54) is 11.8 Å². The van der Waals surface area contributed by atoms with Gasteiger partial charge in [-0.25, -0.2) is 13.4 Å². The molecule has 4 aromatic rings. The first-order valence-corrected chi connectivity index (χ1v) is 12.4. The van der Waals surface area contributed by atoms with Crippen LogP contribution in [0.4, 0.5) is 0 Å². The van der Waals surface area contributed by atoms with Crippen molar-refractivity contribution in [3.05, 3.63) is 84.2 Å². The molecule has 1 heterocycles. The van der Waals surface area contributed by atoms with Crippen LogP contribution in [0, 0.1) is 6.92 Å². The van der Waals surface area contributed by atoms with E-state index >= 15 is 0 Å². The average Bonchev–Trinajstić information content (AvgIpc) is 3.13. The quantitative estimate of drug-likeness (QED) is 0.343. The lowest BCUT2D eigenvalue weighted by Crippen LogP contribution is -2.10. The molecule has 0 spiro atoms. The molecule has 0 saturated heterocycles. The van der Waals surface area contributed by atoms with Crippen LogP contribution in [0.15, 0.2) is 77.7 Å². The maximum atomic E-state index is 11.6. The monoisotopic (exact) mass is 450 g/mol. The Morgan fingerprint density at radius 2 is 1.53 bits per heavy atom. The third-order valence-corrected chi connectivity index (χ3v) is 6.30. The molecule has 0 aliphatic carbocycles. The minimum Gasteiger partial charge on any atom is -0.494 e. The number of hydrogen-bond acceptors (Lipinski definition) is 5. The second-order valence-electron chi connectivity index (χ2n) is 7.72. The maximum absolute atomic E-state index is 11.6. The molecule has 3 aromatic carbocycles. The van der Waals surface area contributed by atoms with Crippen molar-refractivity contribution < 1.29 is 17.9 Å². The molecule has 0 fully saturated rings. The fourth-order valence-electron chi connectivity index (χ4n) is 3.46. The summed E-state index contributed by atoms with van der Waals surface area (Å²) < 4.78 is 37.1. The van der Waals surface area contributed by atoms with Crippen LogP contribution < -0.4 is 9.47 Å². The zero-order valence-corrected chi connectivity index (χ0v) is 19.0. The molecule has 32 heavy (non-hydrogen) atoms. The van der Waals surface area contributed by atoms with Crippen LogP contribution >= 0.6 is 0 Å². The highest BCUT2D eigenvalue weighted by atomic mass is 32.2. The SMILES string of the molecule is Cc1ccc(OCc2nc3ccccc3n2CCCOc2ccc(S(C)(=O)=O)cc2)cc1. The van der Waals surface area contributed by atoms with Crippen LogP contribution in [0.3, 0.4) is 0 Å². The molecule has 0 atom stereocenters. The summed E-state index contributed by atoms with van der Waals surface area (Å²) in [5, 5.41) is 0. The van der Waals surface area contributed by atoms with Crippen molar-refractivity contribution in [3.8, 4) is 11.5 Å². The lowest BCUT2D eigenvalue weighted by molar-refractivity contribution is 0.280. The number of ether oxygens (including phenoxy) is 2. The zero-order valence-electron chi connectivity index (χ0n) is 18.2. The summed E-state index contributed by atoms with van der Waals surface area (Å²) >= 11 is 0. The van der Waals surface area contributed by atoms with Crippen molar-refractivity contribution in [2.45, 2.75) is 31.4 Å². The van der Waals surface area contributed by atoms with Crippen LogP contribution in [-0.2, 0) is 23.0 Å². The fraction of sp³-hybridized carbons (Fsp3) is 0.240. The number of nitrogens with zero attached hydrogens (tertiary/aromatic N) is 2. The summed E-state index contributed by atoms with van der Waals surface area (Å²) in [4.78, 5) is 5.04. The summed E-state index contributed by atoms with van der Waals surface area (Å²) in [5.41, 5.74) is 3.19. The number of fused-ring (bicyclic) bond motifs is 1. The highest BCUT2D eigenvalue weighted by Gasteiger charge is 2.11. The molecular formula is C25H26N2O4S. The molecule has 0 amide bonds. The first-order chi connectivity index (χ1) is 15.4. The van der Waals surface area contributed by atoms with E-state index in [-0.39, 0.29) is 4.90 Å². The predicted octanol–water partition coefficient (Wildman–Crippen LogP) is 4.80. The number of para-hydroxylation sites is 2. The number of benzene rings is 3. The third kappa shape index (κ3) is 5.29. The van der Waals surface area contributed by atoms with Crippen molar-refractivity contribution in [1.29, 1.82) is 0 Å². The van der Waals surface area contributed by atoms with E-state index < -0.39 is 9.84 Å². The molecule has 0 N–H and O–H groups in total. The Morgan fingerprint density at radius 1 is 0.875 bits per heavy atom. The molecule has 7 heteroatoms. The van der Waals surface area contributed by atoms with Gasteiger partial charge in [0.1, 0.15) is 23.9 Å². The Labute approximate surface area is 188 Å². The smallest absolute Gasteiger partial charge is 0.175 e. The van der Waals surface area contributed by atoms with Gasteiger partial charge in [0.15, 0.2) is 9.84 Å². The van der Waals surface area contributed by atoms with Crippen LogP contribution in [0.25, 0.3) is 11.0 Å². The number of rotatable bonds is 9. The van der Waals surface area contributed by atoms with E-state index in [0.717, 1.165) is 35.6 Å². The Hall–Kier alpha value is -3.32. The van der Waals surface area contributed by atoms with E-state index in [4.69, 9.17) is 14.5 Å². The Morgan fingerprint density at radius 3 is 2.25 bits per heavy atom. The molecular weight excluding hydrogens is 424 g/mol. The lowest BCUT2D eigenvalue weighted by Gasteiger charge is -2.12. The molecule has 0 saturated carbocycles. The molecule has 0 aliphatic heterocycles. The van der Waals surface area contributed by atoms with Gasteiger partial charge in [0.25, 0.3) is 0 Å².